The maximum Gasteiger partial charge on any atom is 0.119 e. The van der Waals surface area contributed by atoms with E-state index in [9.17, 15) is 0 Å². The van der Waals surface area contributed by atoms with Crippen LogP contribution in [0.15, 0.2) is 47.1 Å². The highest BCUT2D eigenvalue weighted by atomic mass is 16.5. The summed E-state index contributed by atoms with van der Waals surface area (Å²) in [5.41, 5.74) is 6.99. The van der Waals surface area contributed by atoms with Crippen LogP contribution in [0, 0.1) is 5.92 Å². The van der Waals surface area contributed by atoms with Crippen molar-refractivity contribution < 1.29 is 9.15 Å². The molecule has 0 aliphatic rings. The third kappa shape index (κ3) is 3.61. The lowest BCUT2D eigenvalue weighted by Gasteiger charge is -2.14. The summed E-state index contributed by atoms with van der Waals surface area (Å²) in [7, 11) is 0. The molecule has 1 atom stereocenters. The van der Waals surface area contributed by atoms with E-state index in [2.05, 4.69) is 26.0 Å². The molecule has 0 spiro atoms. The molecule has 1 aromatic carbocycles. The van der Waals surface area contributed by atoms with Gasteiger partial charge in [-0.3, -0.25) is 0 Å². The summed E-state index contributed by atoms with van der Waals surface area (Å²) in [6.07, 6.45) is 1.68. The molecule has 1 unspecified atom stereocenters. The molecule has 0 fully saturated rings. The molecule has 0 bridgehead atoms. The number of nitrogens with two attached hydrogens (primary N) is 1. The molecule has 3 nitrogen and oxygen atoms in total. The Hall–Kier alpha value is -1.74. The highest BCUT2D eigenvalue weighted by molar-refractivity contribution is 5.33. The average Bonchev–Trinajstić information content (AvgIpc) is 2.92. The van der Waals surface area contributed by atoms with Gasteiger partial charge in [-0.1, -0.05) is 26.0 Å². The summed E-state index contributed by atoms with van der Waals surface area (Å²) in [6.45, 7) is 5.53. The van der Waals surface area contributed by atoms with Gasteiger partial charge >= 0.3 is 0 Å². The Kier molecular flexibility index (Phi) is 4.63. The van der Waals surface area contributed by atoms with Gasteiger partial charge in [-0.05, 0) is 35.7 Å². The summed E-state index contributed by atoms with van der Waals surface area (Å²) in [5.74, 6) is 2.43. The molecule has 2 N–H and O–H groups in total. The Morgan fingerprint density at radius 3 is 2.42 bits per heavy atom. The number of ether oxygens (including phenoxy) is 1. The van der Waals surface area contributed by atoms with Gasteiger partial charge in [0.15, 0.2) is 0 Å². The lowest BCUT2D eigenvalue weighted by atomic mass is 9.97. The molecule has 1 aromatic heterocycles. The molecule has 1 heterocycles. The number of rotatable bonds is 6. The van der Waals surface area contributed by atoms with E-state index in [1.807, 2.05) is 24.3 Å². The van der Waals surface area contributed by atoms with Gasteiger partial charge in [0.25, 0.3) is 0 Å². The molecular formula is C16H21NO2. The van der Waals surface area contributed by atoms with Crippen molar-refractivity contribution in [3.8, 4) is 5.75 Å². The fourth-order valence-electron chi connectivity index (χ4n) is 1.97. The van der Waals surface area contributed by atoms with Crippen LogP contribution in [0.1, 0.15) is 31.1 Å². The largest absolute Gasteiger partial charge is 0.493 e. The van der Waals surface area contributed by atoms with E-state index < -0.39 is 0 Å². The summed E-state index contributed by atoms with van der Waals surface area (Å²) in [4.78, 5) is 0. The Labute approximate surface area is 114 Å². The van der Waals surface area contributed by atoms with Crippen LogP contribution in [0.3, 0.4) is 0 Å². The van der Waals surface area contributed by atoms with Gasteiger partial charge in [0, 0.05) is 6.54 Å². The minimum Gasteiger partial charge on any atom is -0.493 e. The highest BCUT2D eigenvalue weighted by Crippen LogP contribution is 2.25. The molecule has 0 aliphatic heterocycles. The normalized spacial score (nSPS) is 12.6. The molecule has 3 heteroatoms. The molecule has 0 amide bonds. The minimum atomic E-state index is 0.106. The molecule has 19 heavy (non-hydrogen) atoms. The Bertz CT molecular complexity index is 474. The summed E-state index contributed by atoms with van der Waals surface area (Å²) in [6, 6.07) is 11.9. The van der Waals surface area contributed by atoms with Crippen LogP contribution in [0.5, 0.6) is 5.75 Å². The second-order valence-corrected chi connectivity index (χ2v) is 5.08. The smallest absolute Gasteiger partial charge is 0.119 e. The van der Waals surface area contributed by atoms with Crippen molar-refractivity contribution in [2.75, 3.05) is 13.2 Å². The lowest BCUT2D eigenvalue weighted by Crippen LogP contribution is -2.13. The molecule has 0 saturated heterocycles. The third-order valence-electron chi connectivity index (χ3n) is 2.99. The van der Waals surface area contributed by atoms with Crippen LogP contribution in [0.4, 0.5) is 0 Å². The molecule has 0 radical (unpaired) electrons. The van der Waals surface area contributed by atoms with Crippen molar-refractivity contribution >= 4 is 0 Å². The molecular weight excluding hydrogens is 238 g/mol. The van der Waals surface area contributed by atoms with E-state index in [1.54, 1.807) is 6.26 Å². The Morgan fingerprint density at radius 1 is 1.16 bits per heavy atom. The molecule has 102 valence electrons. The number of hydrogen-bond acceptors (Lipinski definition) is 3. The van der Waals surface area contributed by atoms with E-state index in [-0.39, 0.29) is 5.92 Å². The monoisotopic (exact) mass is 259 g/mol. The zero-order chi connectivity index (χ0) is 13.7. The summed E-state index contributed by atoms with van der Waals surface area (Å²) >= 11 is 0. The van der Waals surface area contributed by atoms with Crippen molar-refractivity contribution in [2.45, 2.75) is 19.8 Å². The van der Waals surface area contributed by atoms with Crippen molar-refractivity contribution in [2.24, 2.45) is 11.7 Å². The maximum absolute atomic E-state index is 5.84. The lowest BCUT2D eigenvalue weighted by molar-refractivity contribution is 0.271. The van der Waals surface area contributed by atoms with Crippen LogP contribution in [-0.4, -0.2) is 13.2 Å². The molecule has 0 aliphatic carbocycles. The van der Waals surface area contributed by atoms with Crippen LogP contribution in [0.25, 0.3) is 0 Å². The number of benzene rings is 1. The molecule has 2 aromatic rings. The second-order valence-electron chi connectivity index (χ2n) is 5.08. The molecule has 0 saturated carbocycles. The SMILES string of the molecule is CC(C)COc1ccc(C(CN)c2ccco2)cc1. The zero-order valence-electron chi connectivity index (χ0n) is 11.5. The predicted octanol–water partition coefficient (Wildman–Crippen LogP) is 3.41. The first-order valence-electron chi connectivity index (χ1n) is 6.67. The van der Waals surface area contributed by atoms with E-state index >= 15 is 0 Å². The van der Waals surface area contributed by atoms with Gasteiger partial charge in [0.2, 0.25) is 0 Å². The molecule has 2 rings (SSSR count). The van der Waals surface area contributed by atoms with E-state index in [0.717, 1.165) is 23.7 Å². The van der Waals surface area contributed by atoms with Gasteiger partial charge in [-0.15, -0.1) is 0 Å². The second kappa shape index (κ2) is 6.43. The summed E-state index contributed by atoms with van der Waals surface area (Å²) < 4.78 is 11.1. The highest BCUT2D eigenvalue weighted by Gasteiger charge is 2.14. The van der Waals surface area contributed by atoms with E-state index in [1.165, 1.54) is 0 Å². The fraction of sp³-hybridized carbons (Fsp3) is 0.375. The van der Waals surface area contributed by atoms with Crippen molar-refractivity contribution in [1.82, 2.24) is 0 Å². The van der Waals surface area contributed by atoms with Gasteiger partial charge in [-0.2, -0.15) is 0 Å². The first kappa shape index (κ1) is 13.7. The third-order valence-corrected chi connectivity index (χ3v) is 2.99. The van der Waals surface area contributed by atoms with Crippen molar-refractivity contribution in [1.29, 1.82) is 0 Å². The van der Waals surface area contributed by atoms with Crippen LogP contribution in [-0.2, 0) is 0 Å². The maximum atomic E-state index is 5.84. The Morgan fingerprint density at radius 2 is 1.89 bits per heavy atom. The summed E-state index contributed by atoms with van der Waals surface area (Å²) in [5, 5.41) is 0. The van der Waals surface area contributed by atoms with Crippen molar-refractivity contribution in [3.05, 3.63) is 54.0 Å². The standard InChI is InChI=1S/C16H21NO2/c1-12(2)11-19-14-7-5-13(6-8-14)15(10-17)16-4-3-9-18-16/h3-9,12,15H,10-11,17H2,1-2H3. The van der Waals surface area contributed by atoms with E-state index in [4.69, 9.17) is 14.9 Å². The average molecular weight is 259 g/mol. The van der Waals surface area contributed by atoms with Crippen LogP contribution in [0.2, 0.25) is 0 Å². The number of furan rings is 1. The van der Waals surface area contributed by atoms with Crippen LogP contribution < -0.4 is 10.5 Å². The topological polar surface area (TPSA) is 48.4 Å². The quantitative estimate of drug-likeness (QED) is 0.864. The van der Waals surface area contributed by atoms with Crippen LogP contribution >= 0.6 is 0 Å². The fourth-order valence-corrected chi connectivity index (χ4v) is 1.97. The minimum absolute atomic E-state index is 0.106. The van der Waals surface area contributed by atoms with Crippen molar-refractivity contribution in [3.63, 3.8) is 0 Å². The van der Waals surface area contributed by atoms with E-state index in [0.29, 0.717) is 12.5 Å². The predicted molar refractivity (Wildman–Crippen MR) is 76.4 cm³/mol. The van der Waals surface area contributed by atoms with Gasteiger partial charge in [0.05, 0.1) is 18.8 Å². The van der Waals surface area contributed by atoms with Gasteiger partial charge in [-0.25, -0.2) is 0 Å². The zero-order valence-corrected chi connectivity index (χ0v) is 11.5. The first-order chi connectivity index (χ1) is 9.20. The van der Waals surface area contributed by atoms with Gasteiger partial charge < -0.3 is 14.9 Å². The Balaban J connectivity index is 2.08. The van der Waals surface area contributed by atoms with Gasteiger partial charge in [0.1, 0.15) is 11.5 Å². The number of hydrogen-bond donors (Lipinski definition) is 1. The first-order valence-corrected chi connectivity index (χ1v) is 6.67.